The van der Waals surface area contributed by atoms with Crippen LogP contribution < -0.4 is 5.48 Å². The van der Waals surface area contributed by atoms with Gasteiger partial charge >= 0.3 is 5.97 Å². The van der Waals surface area contributed by atoms with Gasteiger partial charge in [0.1, 0.15) is 0 Å². The van der Waals surface area contributed by atoms with Crippen molar-refractivity contribution in [3.63, 3.8) is 0 Å². The molecule has 2 rings (SSSR count). The average molecular weight is 251 g/mol. The highest BCUT2D eigenvalue weighted by atomic mass is 16.5. The van der Waals surface area contributed by atoms with Gasteiger partial charge in [-0.15, -0.1) is 0 Å². The van der Waals surface area contributed by atoms with Crippen molar-refractivity contribution in [3.8, 4) is 0 Å². The molecule has 6 heteroatoms. The largest absolute Gasteiger partial charge is 0.481 e. The minimum absolute atomic E-state index is 0.135. The lowest BCUT2D eigenvalue weighted by atomic mass is 9.71. The molecule has 0 radical (unpaired) electrons. The molecule has 1 amide bonds. The minimum Gasteiger partial charge on any atom is -0.481 e. The van der Waals surface area contributed by atoms with E-state index in [2.05, 4.69) is 0 Å². The SMILES string of the molecule is O=C(O)[C@@H]1CCc2ccccc2[C@]1(O)C(=O)NO. The molecule has 6 nitrogen and oxygen atoms in total. The van der Waals surface area contributed by atoms with E-state index in [0.717, 1.165) is 0 Å². The van der Waals surface area contributed by atoms with Crippen molar-refractivity contribution in [2.24, 2.45) is 5.92 Å². The molecule has 0 bridgehead atoms. The van der Waals surface area contributed by atoms with Gasteiger partial charge in [-0.1, -0.05) is 24.3 Å². The van der Waals surface area contributed by atoms with Gasteiger partial charge in [0.25, 0.3) is 5.91 Å². The third-order valence-electron chi connectivity index (χ3n) is 3.38. The summed E-state index contributed by atoms with van der Waals surface area (Å²) in [6, 6.07) is 6.58. The zero-order valence-electron chi connectivity index (χ0n) is 9.46. The quantitative estimate of drug-likeness (QED) is 0.438. The second kappa shape index (κ2) is 4.40. The van der Waals surface area contributed by atoms with Crippen LogP contribution in [0.25, 0.3) is 0 Å². The predicted octanol–water partition coefficient (Wildman–Crippen LogP) is 0.0266. The Kier molecular flexibility index (Phi) is 3.06. The Morgan fingerprint density at radius 1 is 1.33 bits per heavy atom. The molecule has 2 atom stereocenters. The number of hydrogen-bond donors (Lipinski definition) is 4. The third kappa shape index (κ3) is 1.66. The molecule has 0 aliphatic heterocycles. The van der Waals surface area contributed by atoms with E-state index in [-0.39, 0.29) is 12.0 Å². The monoisotopic (exact) mass is 251 g/mol. The molecule has 0 saturated carbocycles. The standard InChI is InChI=1S/C12H13NO5/c14-10(15)9-6-5-7-3-1-2-4-8(7)12(9,17)11(16)13-18/h1-4,9,17-18H,5-6H2,(H,13,16)(H,14,15)/t9-,12+/m0/s1. The Bertz CT molecular complexity index is 501. The van der Waals surface area contributed by atoms with Gasteiger partial charge in [0.05, 0.1) is 5.92 Å². The topological polar surface area (TPSA) is 107 Å². The van der Waals surface area contributed by atoms with Crippen molar-refractivity contribution in [2.75, 3.05) is 0 Å². The summed E-state index contributed by atoms with van der Waals surface area (Å²) in [6.07, 6.45) is 0.602. The van der Waals surface area contributed by atoms with E-state index in [1.807, 2.05) is 0 Å². The molecule has 0 aromatic heterocycles. The van der Waals surface area contributed by atoms with Gasteiger partial charge in [0, 0.05) is 0 Å². The van der Waals surface area contributed by atoms with E-state index in [0.29, 0.717) is 12.0 Å². The number of amides is 1. The first kappa shape index (κ1) is 12.5. The molecular formula is C12H13NO5. The maximum Gasteiger partial charge on any atom is 0.310 e. The fourth-order valence-corrected chi connectivity index (χ4v) is 2.47. The third-order valence-corrected chi connectivity index (χ3v) is 3.38. The molecule has 96 valence electrons. The average Bonchev–Trinajstić information content (AvgIpc) is 2.37. The highest BCUT2D eigenvalue weighted by molar-refractivity contribution is 5.91. The Balaban J connectivity index is 2.60. The van der Waals surface area contributed by atoms with Gasteiger partial charge in [0.2, 0.25) is 0 Å². The molecule has 0 saturated heterocycles. The van der Waals surface area contributed by atoms with E-state index >= 15 is 0 Å². The normalized spacial score (nSPS) is 26.2. The number of fused-ring (bicyclic) bond motifs is 1. The van der Waals surface area contributed by atoms with Crippen LogP contribution >= 0.6 is 0 Å². The van der Waals surface area contributed by atoms with E-state index in [1.165, 1.54) is 11.5 Å². The number of hydroxylamine groups is 1. The predicted molar refractivity (Wildman–Crippen MR) is 59.7 cm³/mol. The molecular weight excluding hydrogens is 238 g/mol. The van der Waals surface area contributed by atoms with Gasteiger partial charge in [-0.05, 0) is 24.0 Å². The van der Waals surface area contributed by atoms with E-state index in [1.54, 1.807) is 18.2 Å². The number of aliphatic carboxylic acids is 1. The van der Waals surface area contributed by atoms with Crippen molar-refractivity contribution in [1.82, 2.24) is 5.48 Å². The van der Waals surface area contributed by atoms with E-state index in [4.69, 9.17) is 10.3 Å². The smallest absolute Gasteiger partial charge is 0.310 e. The van der Waals surface area contributed by atoms with Crippen molar-refractivity contribution >= 4 is 11.9 Å². The number of carboxylic acid groups (broad SMARTS) is 1. The highest BCUT2D eigenvalue weighted by Crippen LogP contribution is 2.40. The number of carbonyl (C=O) groups is 2. The number of nitrogens with one attached hydrogen (secondary N) is 1. The van der Waals surface area contributed by atoms with Crippen LogP contribution in [0.1, 0.15) is 17.5 Å². The van der Waals surface area contributed by atoms with Crippen LogP contribution in [0.15, 0.2) is 24.3 Å². The number of aliphatic hydroxyl groups is 1. The first-order chi connectivity index (χ1) is 8.51. The minimum atomic E-state index is -2.24. The van der Waals surface area contributed by atoms with E-state index < -0.39 is 23.4 Å². The van der Waals surface area contributed by atoms with Crippen LogP contribution in [0, 0.1) is 5.92 Å². The van der Waals surface area contributed by atoms with Crippen molar-refractivity contribution in [2.45, 2.75) is 18.4 Å². The zero-order chi connectivity index (χ0) is 13.3. The Labute approximate surface area is 103 Å². The van der Waals surface area contributed by atoms with Gasteiger partial charge in [-0.25, -0.2) is 5.48 Å². The lowest BCUT2D eigenvalue weighted by Gasteiger charge is -2.37. The summed E-state index contributed by atoms with van der Waals surface area (Å²) >= 11 is 0. The molecule has 0 heterocycles. The van der Waals surface area contributed by atoms with E-state index in [9.17, 15) is 14.7 Å². The van der Waals surface area contributed by atoms with Gasteiger partial charge in [-0.2, -0.15) is 0 Å². The van der Waals surface area contributed by atoms with Crippen LogP contribution in [0.2, 0.25) is 0 Å². The van der Waals surface area contributed by atoms with Crippen molar-refractivity contribution < 1.29 is 25.0 Å². The molecule has 1 aliphatic carbocycles. The van der Waals surface area contributed by atoms with Crippen molar-refractivity contribution in [1.29, 1.82) is 0 Å². The molecule has 4 N–H and O–H groups in total. The summed E-state index contributed by atoms with van der Waals surface area (Å²) in [7, 11) is 0. The van der Waals surface area contributed by atoms with Crippen LogP contribution in [0.5, 0.6) is 0 Å². The Hall–Kier alpha value is -1.92. The lowest BCUT2D eigenvalue weighted by molar-refractivity contribution is -0.170. The second-order valence-electron chi connectivity index (χ2n) is 4.29. The number of carboxylic acids is 1. The maximum absolute atomic E-state index is 11.7. The number of aryl methyl sites for hydroxylation is 1. The Morgan fingerprint density at radius 3 is 2.61 bits per heavy atom. The number of rotatable bonds is 2. The summed E-state index contributed by atoms with van der Waals surface area (Å²) in [5.41, 5.74) is 0.0490. The van der Waals surface area contributed by atoms with Crippen LogP contribution in [-0.2, 0) is 21.6 Å². The molecule has 1 aliphatic rings. The van der Waals surface area contributed by atoms with Gasteiger partial charge in [0.15, 0.2) is 5.60 Å². The van der Waals surface area contributed by atoms with Crippen LogP contribution in [0.4, 0.5) is 0 Å². The van der Waals surface area contributed by atoms with Gasteiger partial charge < -0.3 is 10.2 Å². The fourth-order valence-electron chi connectivity index (χ4n) is 2.47. The fraction of sp³-hybridized carbons (Fsp3) is 0.333. The summed E-state index contributed by atoms with van der Waals surface area (Å²) in [5.74, 6) is -3.67. The van der Waals surface area contributed by atoms with Crippen molar-refractivity contribution in [3.05, 3.63) is 35.4 Å². The maximum atomic E-state index is 11.7. The van der Waals surface area contributed by atoms with Crippen LogP contribution in [0.3, 0.4) is 0 Å². The molecule has 18 heavy (non-hydrogen) atoms. The number of benzene rings is 1. The zero-order valence-corrected chi connectivity index (χ0v) is 9.46. The molecule has 0 fully saturated rings. The second-order valence-corrected chi connectivity index (χ2v) is 4.29. The first-order valence-corrected chi connectivity index (χ1v) is 5.50. The summed E-state index contributed by atoms with van der Waals surface area (Å²) in [4.78, 5) is 22.9. The molecule has 0 unspecified atom stereocenters. The highest BCUT2D eigenvalue weighted by Gasteiger charge is 2.52. The molecule has 1 aromatic rings. The number of hydrogen-bond acceptors (Lipinski definition) is 4. The summed E-state index contributed by atoms with van der Waals surface area (Å²) < 4.78 is 0. The van der Waals surface area contributed by atoms with Crippen LogP contribution in [-0.4, -0.2) is 27.3 Å². The summed E-state index contributed by atoms with van der Waals surface area (Å²) in [5, 5.41) is 28.3. The van der Waals surface area contributed by atoms with Gasteiger partial charge in [-0.3, -0.25) is 14.8 Å². The lowest BCUT2D eigenvalue weighted by Crippen LogP contribution is -2.53. The number of carbonyl (C=O) groups excluding carboxylic acids is 1. The molecule has 0 spiro atoms. The Morgan fingerprint density at radius 2 is 2.00 bits per heavy atom. The molecule has 1 aromatic carbocycles. The summed E-state index contributed by atoms with van der Waals surface area (Å²) in [6.45, 7) is 0. The first-order valence-electron chi connectivity index (χ1n) is 5.50.